The molecular weight excluding hydrogens is 230 g/mol. The first-order valence-corrected chi connectivity index (χ1v) is 6.77. The Kier molecular flexibility index (Phi) is 2.76. The molecule has 1 aromatic heterocycles. The lowest BCUT2D eigenvalue weighted by molar-refractivity contribution is 0.0516. The molecule has 1 heterocycles. The number of hydrogen-bond acceptors (Lipinski definition) is 4. The van der Waals surface area contributed by atoms with Crippen LogP contribution in [0, 0.1) is 0 Å². The monoisotopic (exact) mass is 249 g/mol. The van der Waals surface area contributed by atoms with Crippen LogP contribution in [0.25, 0.3) is 0 Å². The molecule has 1 aromatic rings. The van der Waals surface area contributed by atoms with E-state index in [2.05, 4.69) is 5.10 Å². The summed E-state index contributed by atoms with van der Waals surface area (Å²) in [7, 11) is 0. The van der Waals surface area contributed by atoms with Crippen LogP contribution in [0.4, 0.5) is 5.82 Å². The number of rotatable bonds is 4. The zero-order chi connectivity index (χ0) is 12.7. The van der Waals surface area contributed by atoms with Crippen LogP contribution in [0.5, 0.6) is 0 Å². The minimum atomic E-state index is -0.328. The van der Waals surface area contributed by atoms with Gasteiger partial charge in [-0.2, -0.15) is 5.10 Å². The van der Waals surface area contributed by atoms with Crippen molar-refractivity contribution >= 4 is 11.8 Å². The molecule has 0 unspecified atom stereocenters. The van der Waals surface area contributed by atoms with Crippen LogP contribution in [-0.2, 0) is 4.74 Å². The smallest absolute Gasteiger partial charge is 0.359 e. The zero-order valence-electron chi connectivity index (χ0n) is 10.7. The van der Waals surface area contributed by atoms with Crippen molar-refractivity contribution in [2.24, 2.45) is 0 Å². The average Bonchev–Trinajstić information content (AvgIpc) is 3.05. The van der Waals surface area contributed by atoms with Crippen LogP contribution >= 0.6 is 0 Å². The second-order valence-electron chi connectivity index (χ2n) is 5.17. The predicted molar refractivity (Wildman–Crippen MR) is 67.5 cm³/mol. The topological polar surface area (TPSA) is 70.1 Å². The number of ether oxygens (including phenoxy) is 1. The number of nitrogens with two attached hydrogens (primary N) is 1. The van der Waals surface area contributed by atoms with Gasteiger partial charge in [0.1, 0.15) is 5.82 Å². The number of hydrogen-bond donors (Lipinski definition) is 1. The summed E-state index contributed by atoms with van der Waals surface area (Å²) < 4.78 is 6.92. The lowest BCUT2D eigenvalue weighted by Gasteiger charge is -2.25. The zero-order valence-corrected chi connectivity index (χ0v) is 10.7. The molecule has 0 bridgehead atoms. The van der Waals surface area contributed by atoms with Crippen LogP contribution in [0.3, 0.4) is 0 Å². The first-order chi connectivity index (χ1) is 8.72. The largest absolute Gasteiger partial charge is 0.461 e. The van der Waals surface area contributed by atoms with Crippen molar-refractivity contribution in [3.63, 3.8) is 0 Å². The fraction of sp³-hybridized carbons (Fsp3) is 0.692. The summed E-state index contributed by atoms with van der Waals surface area (Å²) in [5.41, 5.74) is 7.57. The minimum Gasteiger partial charge on any atom is -0.461 e. The van der Waals surface area contributed by atoms with Gasteiger partial charge in [-0.15, -0.1) is 0 Å². The van der Waals surface area contributed by atoms with E-state index in [9.17, 15) is 4.79 Å². The summed E-state index contributed by atoms with van der Waals surface area (Å²) in [4.78, 5) is 12.0. The summed E-state index contributed by atoms with van der Waals surface area (Å²) in [5, 5.41) is 4.41. The van der Waals surface area contributed by atoms with E-state index in [0.717, 1.165) is 31.2 Å². The molecule has 0 saturated heterocycles. The van der Waals surface area contributed by atoms with E-state index in [-0.39, 0.29) is 5.97 Å². The molecule has 0 aromatic carbocycles. The van der Waals surface area contributed by atoms with Crippen molar-refractivity contribution in [2.45, 2.75) is 51.0 Å². The van der Waals surface area contributed by atoms with Gasteiger partial charge in [-0.05, 0) is 38.5 Å². The molecule has 2 fully saturated rings. The molecule has 5 heteroatoms. The molecule has 0 aliphatic heterocycles. The van der Waals surface area contributed by atoms with Crippen molar-refractivity contribution in [3.8, 4) is 0 Å². The van der Waals surface area contributed by atoms with E-state index in [1.807, 2.05) is 11.6 Å². The maximum Gasteiger partial charge on any atom is 0.359 e. The van der Waals surface area contributed by atoms with Crippen LogP contribution in [0.15, 0.2) is 0 Å². The molecule has 5 nitrogen and oxygen atoms in total. The van der Waals surface area contributed by atoms with Crippen LogP contribution < -0.4 is 5.73 Å². The van der Waals surface area contributed by atoms with Gasteiger partial charge in [0.05, 0.1) is 12.6 Å². The number of carbonyl (C=O) groups excluding carboxylic acids is 1. The lowest BCUT2D eigenvalue weighted by Crippen LogP contribution is -2.15. The molecule has 0 amide bonds. The molecule has 2 aliphatic rings. The lowest BCUT2D eigenvalue weighted by atomic mass is 9.79. The van der Waals surface area contributed by atoms with E-state index in [1.165, 1.54) is 6.42 Å². The Bertz CT molecular complexity index is 473. The van der Waals surface area contributed by atoms with Gasteiger partial charge < -0.3 is 10.5 Å². The third-order valence-corrected chi connectivity index (χ3v) is 3.86. The molecule has 0 atom stereocenters. The highest BCUT2D eigenvalue weighted by Gasteiger charge is 2.35. The number of nitrogen functional groups attached to an aromatic ring is 1. The molecule has 3 rings (SSSR count). The fourth-order valence-corrected chi connectivity index (χ4v) is 2.51. The summed E-state index contributed by atoms with van der Waals surface area (Å²) in [6, 6.07) is 0.395. The van der Waals surface area contributed by atoms with Gasteiger partial charge >= 0.3 is 5.97 Å². The number of aromatic nitrogens is 2. The Morgan fingerprint density at radius 3 is 2.67 bits per heavy atom. The van der Waals surface area contributed by atoms with E-state index in [4.69, 9.17) is 10.5 Å². The second-order valence-corrected chi connectivity index (χ2v) is 5.17. The van der Waals surface area contributed by atoms with Crippen LogP contribution in [0.2, 0.25) is 0 Å². The SMILES string of the molecule is CCOC(=O)c1nn(C2CC2)c(N)c1C1CCC1. The number of nitrogens with zero attached hydrogens (tertiary/aromatic N) is 2. The standard InChI is InChI=1S/C13H19N3O2/c1-2-18-13(17)11-10(8-4-3-5-8)12(14)16(15-11)9-6-7-9/h8-9H,2-7,14H2,1H3. The summed E-state index contributed by atoms with van der Waals surface area (Å²) in [6.45, 7) is 2.18. The highest BCUT2D eigenvalue weighted by atomic mass is 16.5. The van der Waals surface area contributed by atoms with Gasteiger partial charge in [0.25, 0.3) is 0 Å². The van der Waals surface area contributed by atoms with Gasteiger partial charge in [-0.3, -0.25) is 0 Å². The molecule has 18 heavy (non-hydrogen) atoms. The van der Waals surface area contributed by atoms with E-state index < -0.39 is 0 Å². The van der Waals surface area contributed by atoms with Gasteiger partial charge in [0, 0.05) is 5.56 Å². The fourth-order valence-electron chi connectivity index (χ4n) is 2.51. The predicted octanol–water partition coefficient (Wildman–Crippen LogP) is 2.24. The summed E-state index contributed by atoms with van der Waals surface area (Å²) in [5.74, 6) is 0.757. The highest BCUT2D eigenvalue weighted by molar-refractivity contribution is 5.90. The van der Waals surface area contributed by atoms with Crippen LogP contribution in [0.1, 0.15) is 67.0 Å². The third kappa shape index (κ3) is 1.78. The van der Waals surface area contributed by atoms with E-state index in [0.29, 0.717) is 30.1 Å². The number of carbonyl (C=O) groups is 1. The molecule has 0 spiro atoms. The van der Waals surface area contributed by atoms with Crippen molar-refractivity contribution < 1.29 is 9.53 Å². The van der Waals surface area contributed by atoms with Crippen LogP contribution in [-0.4, -0.2) is 22.4 Å². The quantitative estimate of drug-likeness (QED) is 0.831. The molecule has 2 N–H and O–H groups in total. The minimum absolute atomic E-state index is 0.328. The molecule has 2 saturated carbocycles. The summed E-state index contributed by atoms with van der Waals surface area (Å²) >= 11 is 0. The Morgan fingerprint density at radius 1 is 1.44 bits per heavy atom. The molecule has 98 valence electrons. The number of esters is 1. The van der Waals surface area contributed by atoms with Gasteiger partial charge in [-0.25, -0.2) is 9.48 Å². The van der Waals surface area contributed by atoms with E-state index in [1.54, 1.807) is 0 Å². The van der Waals surface area contributed by atoms with Gasteiger partial charge in [0.15, 0.2) is 5.69 Å². The maximum absolute atomic E-state index is 12.0. The Hall–Kier alpha value is -1.52. The summed E-state index contributed by atoms with van der Waals surface area (Å²) in [6.07, 6.45) is 5.64. The highest BCUT2D eigenvalue weighted by Crippen LogP contribution is 2.44. The third-order valence-electron chi connectivity index (χ3n) is 3.86. The Labute approximate surface area is 106 Å². The first kappa shape index (κ1) is 11.6. The van der Waals surface area contributed by atoms with Crippen molar-refractivity contribution in [2.75, 3.05) is 12.3 Å². The first-order valence-electron chi connectivity index (χ1n) is 6.77. The molecule has 2 aliphatic carbocycles. The Balaban J connectivity index is 1.98. The second kappa shape index (κ2) is 4.30. The normalized spacial score (nSPS) is 19.6. The van der Waals surface area contributed by atoms with E-state index >= 15 is 0 Å². The van der Waals surface area contributed by atoms with Gasteiger partial charge in [0.2, 0.25) is 0 Å². The molecular formula is C13H19N3O2. The molecule has 0 radical (unpaired) electrons. The van der Waals surface area contributed by atoms with Crippen molar-refractivity contribution in [1.82, 2.24) is 9.78 Å². The van der Waals surface area contributed by atoms with Crippen molar-refractivity contribution in [1.29, 1.82) is 0 Å². The van der Waals surface area contributed by atoms with Gasteiger partial charge in [-0.1, -0.05) is 6.42 Å². The average molecular weight is 249 g/mol. The number of anilines is 1. The maximum atomic E-state index is 12.0. The van der Waals surface area contributed by atoms with Crippen molar-refractivity contribution in [3.05, 3.63) is 11.3 Å². The Morgan fingerprint density at radius 2 is 2.17 bits per heavy atom.